The second kappa shape index (κ2) is 8750. The van der Waals surface area contributed by atoms with Crippen molar-refractivity contribution in [3.8, 4) is 0 Å². The van der Waals surface area contributed by atoms with Crippen LogP contribution in [0.25, 0.3) is 0 Å². The van der Waals surface area contributed by atoms with E-state index in [1.54, 1.807) is 0 Å². The van der Waals surface area contributed by atoms with Gasteiger partial charge in [-0.05, 0) is 0 Å². The van der Waals surface area contributed by atoms with E-state index in [-0.39, 0.29) is 34.1 Å². The molecule has 0 aliphatic rings. The fraction of sp³-hybridized carbons (Fsp3) is 0. The zero-order chi connectivity index (χ0) is 14.7. The van der Waals surface area contributed by atoms with E-state index in [1.807, 2.05) is 0 Å². The number of rotatable bonds is 0. The Kier molecular flexibility index (Phi) is 39900. The van der Waals surface area contributed by atoms with Gasteiger partial charge in [0, 0.05) is 17.1 Å². The molecule has 0 unspecified atom stereocenters. The Morgan fingerprint density at radius 3 is 0.647 bits per heavy atom. The molecule has 11 heteroatoms. The van der Waals surface area contributed by atoms with E-state index in [2.05, 4.69) is 0 Å². The van der Waals surface area contributed by atoms with Crippen molar-refractivity contribution in [3.63, 3.8) is 0 Å². The van der Waals surface area contributed by atoms with Crippen molar-refractivity contribution in [3.05, 3.63) is 39.4 Å². The van der Waals surface area contributed by atoms with Gasteiger partial charge in [0.2, 0.25) is 0 Å². The summed E-state index contributed by atoms with van der Waals surface area (Å²) in [6, 6.07) is 0. The molecule has 8 nitrogen and oxygen atoms in total. The first-order chi connectivity index (χ1) is 7.41. The van der Waals surface area contributed by atoms with E-state index in [9.17, 15) is 0 Å². The third-order valence-corrected chi connectivity index (χ3v) is 0. The Balaban J connectivity index is -0.00000000620. The molecule has 0 radical (unpaired) electrons. The molecular weight excluding hydrogens is 348 g/mol. The van der Waals surface area contributed by atoms with Gasteiger partial charge >= 0.3 is 43.6 Å². The number of nitrogens with zero attached hydrogens (tertiary/aromatic N) is 6. The Morgan fingerprint density at radius 1 is 0.647 bits per heavy atom. The van der Waals surface area contributed by atoms with Gasteiger partial charge in [0.1, 0.15) is 0 Å². The zero-order valence-corrected chi connectivity index (χ0v) is 11.5. The Hall–Kier alpha value is -1.55. The van der Waals surface area contributed by atoms with Gasteiger partial charge in [0.15, 0.2) is 0 Å². The van der Waals surface area contributed by atoms with Crippen molar-refractivity contribution in [2.45, 2.75) is 0 Å². The van der Waals surface area contributed by atoms with E-state index >= 15 is 0 Å². The molecule has 89 valence electrons. The van der Waals surface area contributed by atoms with Crippen LogP contribution in [0.5, 0.6) is 0 Å². The fourth-order valence-corrected chi connectivity index (χ4v) is 0. The molecule has 0 aromatic carbocycles. The van der Waals surface area contributed by atoms with Gasteiger partial charge in [-0.2, -0.15) is 0 Å². The number of hydrogen-bond donors (Lipinski definition) is 0. The van der Waals surface area contributed by atoms with Crippen molar-refractivity contribution < 1.29 is 60.7 Å². The quantitative estimate of drug-likeness (QED) is 0.405. The average molecular weight is 348 g/mol. The van der Waals surface area contributed by atoms with Crippen LogP contribution in [0.4, 0.5) is 0 Å². The maximum atomic E-state index is 8.50. The molecule has 0 saturated heterocycles. The number of hydrogen-bond acceptors (Lipinski definition) is 8. The topological polar surface area (TPSA) is 183 Å². The van der Waals surface area contributed by atoms with Crippen molar-refractivity contribution in [2.24, 2.45) is 0 Å². The second-order valence-electron chi connectivity index (χ2n) is 0.0833. The van der Waals surface area contributed by atoms with Crippen molar-refractivity contribution in [2.75, 3.05) is 0 Å². The molecule has 0 aromatic rings. The summed E-state index contributed by atoms with van der Waals surface area (Å²) in [5, 5.41) is 37.5. The molecule has 0 spiro atoms. The molecule has 0 aliphatic carbocycles. The second-order valence-corrected chi connectivity index (χ2v) is 0.344. The van der Waals surface area contributed by atoms with Gasteiger partial charge in [-0.25, -0.2) is 0 Å². The fourth-order valence-electron chi connectivity index (χ4n) is 0. The third-order valence-electron chi connectivity index (χ3n) is 0. The molecular formula is C6Fe2N6O2Ti-3. The van der Waals surface area contributed by atoms with Crippen molar-refractivity contribution in [1.29, 1.82) is 31.6 Å². The van der Waals surface area contributed by atoms with Crippen LogP contribution in [0.2, 0.25) is 0 Å². The summed E-state index contributed by atoms with van der Waals surface area (Å²) in [4.78, 5) is 0. The Morgan fingerprint density at radius 2 is 0.647 bits per heavy atom. The van der Waals surface area contributed by atoms with Gasteiger partial charge in [-0.1, -0.05) is 0 Å². The van der Waals surface area contributed by atoms with Crippen LogP contribution in [0, 0.1) is 71.0 Å². The maximum absolute atomic E-state index is 8.50. The molecule has 0 atom stereocenters. The zero-order valence-electron chi connectivity index (χ0n) is 7.71. The van der Waals surface area contributed by atoms with Crippen LogP contribution in [-0.2, 0) is 57.0 Å². The summed E-state index contributed by atoms with van der Waals surface area (Å²) in [5.74, 6) is 0. The van der Waals surface area contributed by atoms with Gasteiger partial charge in [0.25, 0.3) is 0 Å². The molecule has 0 rings (SSSR count). The molecule has 0 N–H and O–H groups in total. The van der Waals surface area contributed by atoms with Crippen LogP contribution in [-0.4, -0.2) is 0 Å². The average Bonchev–Trinajstić information content (AvgIpc) is 2.44. The summed E-state index contributed by atoms with van der Waals surface area (Å²) in [6.07, 6.45) is 0. The summed E-state index contributed by atoms with van der Waals surface area (Å²) >= 11 is -2.00. The monoisotopic (exact) mass is 348 g/mol. The minimum atomic E-state index is -2.00. The van der Waals surface area contributed by atoms with Gasteiger partial charge in [-0.3, -0.25) is 0 Å². The van der Waals surface area contributed by atoms with Crippen molar-refractivity contribution in [1.82, 2.24) is 0 Å². The summed E-state index contributed by atoms with van der Waals surface area (Å²) < 4.78 is 17.0. The normalized spacial score (nSPS) is 1.24. The Labute approximate surface area is 131 Å². The van der Waals surface area contributed by atoms with Crippen LogP contribution < -0.4 is 3.69 Å². The van der Waals surface area contributed by atoms with Gasteiger partial charge in [-0.15, -0.1) is 0 Å². The predicted octanol–water partition coefficient (Wildman–Crippen LogP) is -0.737. The van der Waals surface area contributed by atoms with E-state index in [0.29, 0.717) is 0 Å². The first-order valence-corrected chi connectivity index (χ1v) is 3.02. The van der Waals surface area contributed by atoms with Crippen LogP contribution in [0.3, 0.4) is 0 Å². The molecule has 0 fully saturated rings. The van der Waals surface area contributed by atoms with E-state index in [4.69, 9.17) is 78.0 Å². The molecule has 17 heavy (non-hydrogen) atoms. The summed E-state index contributed by atoms with van der Waals surface area (Å²) in [7, 11) is 0. The predicted molar refractivity (Wildman–Crippen MR) is 30.5 cm³/mol. The van der Waals surface area contributed by atoms with E-state index < -0.39 is 19.5 Å². The van der Waals surface area contributed by atoms with E-state index in [1.165, 1.54) is 0 Å². The SMILES string of the molecule is [C-]#N.[C-]#N.[C-]#N.[C-]#N.[C-]#N.[C-]#N.[Fe+4].[Fe].[O]=[Ti][O-]. The summed E-state index contributed by atoms with van der Waals surface area (Å²) in [6.45, 7) is 28.5. The Bertz CT molecular complexity index is 142. The first-order valence-electron chi connectivity index (χ1n) is 1.75. The minimum absolute atomic E-state index is 0. The summed E-state index contributed by atoms with van der Waals surface area (Å²) in [5.41, 5.74) is 0. The van der Waals surface area contributed by atoms with E-state index in [0.717, 1.165) is 0 Å². The van der Waals surface area contributed by atoms with Gasteiger partial charge in [0.05, 0.1) is 0 Å². The molecule has 0 bridgehead atoms. The van der Waals surface area contributed by atoms with Crippen molar-refractivity contribution >= 4 is 0 Å². The first kappa shape index (κ1) is 77.5. The molecule has 0 saturated carbocycles. The standard InChI is InChI=1S/6CN.2Fe.2O.Ti/c6*1-2;;;;;/q6*-1;;+4;;-1;. The van der Waals surface area contributed by atoms with Crippen LogP contribution in [0.15, 0.2) is 0 Å². The van der Waals surface area contributed by atoms with Gasteiger partial charge < -0.3 is 71.0 Å². The third kappa shape index (κ3) is 937. The molecule has 0 amide bonds. The van der Waals surface area contributed by atoms with Crippen LogP contribution >= 0.6 is 0 Å². The molecule has 0 aromatic heterocycles. The molecule has 0 heterocycles. The molecule has 0 aliphatic heterocycles. The van der Waals surface area contributed by atoms with Crippen LogP contribution in [0.1, 0.15) is 0 Å².